The van der Waals surface area contributed by atoms with Crippen LogP contribution in [0.5, 0.6) is 0 Å². The Morgan fingerprint density at radius 1 is 0.951 bits per heavy atom. The van der Waals surface area contributed by atoms with Gasteiger partial charge in [-0.2, -0.15) is 0 Å². The average molecular weight is 570 g/mol. The summed E-state index contributed by atoms with van der Waals surface area (Å²) < 4.78 is 0. The van der Waals surface area contributed by atoms with Crippen molar-refractivity contribution in [2.45, 2.75) is 63.7 Å². The van der Waals surface area contributed by atoms with E-state index in [1.165, 1.54) is 12.5 Å². The zero-order valence-electron chi connectivity index (χ0n) is 22.7. The smallest absolute Gasteiger partial charge is 0.326 e. The second-order valence-electron chi connectivity index (χ2n) is 9.88. The third-order valence-electron chi connectivity index (χ3n) is 6.85. The van der Waals surface area contributed by atoms with Gasteiger partial charge in [-0.25, -0.2) is 9.78 Å². The first-order chi connectivity index (χ1) is 19.5. The number of hydrogen-bond donors (Lipinski definition) is 8. The number of carbonyl (C=O) groups is 5. The Kier molecular flexibility index (Phi) is 10.6. The molecular formula is C27H35N7O7. The largest absolute Gasteiger partial charge is 0.481 e. The van der Waals surface area contributed by atoms with E-state index < -0.39 is 60.2 Å². The molecule has 14 nitrogen and oxygen atoms in total. The molecule has 2 aromatic heterocycles. The van der Waals surface area contributed by atoms with Gasteiger partial charge in [-0.15, -0.1) is 0 Å². The van der Waals surface area contributed by atoms with Crippen LogP contribution in [-0.2, 0) is 36.8 Å². The van der Waals surface area contributed by atoms with Crippen LogP contribution in [0.1, 0.15) is 37.9 Å². The molecular weight excluding hydrogens is 534 g/mol. The molecule has 0 spiro atoms. The van der Waals surface area contributed by atoms with Crippen molar-refractivity contribution in [1.29, 1.82) is 0 Å². The summed E-state index contributed by atoms with van der Waals surface area (Å²) in [4.78, 5) is 72.3. The quantitative estimate of drug-likeness (QED) is 0.123. The van der Waals surface area contributed by atoms with Gasteiger partial charge in [0.25, 0.3) is 0 Å². The molecule has 3 aromatic rings. The predicted octanol–water partition coefficient (Wildman–Crippen LogP) is 0.0633. The number of fused-ring (bicyclic) bond motifs is 1. The first kappa shape index (κ1) is 30.8. The van der Waals surface area contributed by atoms with Crippen LogP contribution in [-0.4, -0.2) is 79.0 Å². The maximum absolute atomic E-state index is 13.5. The summed E-state index contributed by atoms with van der Waals surface area (Å²) in [5.41, 5.74) is 8.15. The van der Waals surface area contributed by atoms with Gasteiger partial charge in [0.15, 0.2) is 0 Å². The lowest BCUT2D eigenvalue weighted by Gasteiger charge is -2.28. The molecule has 1 aromatic carbocycles. The van der Waals surface area contributed by atoms with Gasteiger partial charge in [-0.1, -0.05) is 38.5 Å². The number of carboxylic acid groups (broad SMARTS) is 2. The Morgan fingerprint density at radius 2 is 1.66 bits per heavy atom. The summed E-state index contributed by atoms with van der Waals surface area (Å²) in [6.45, 7) is 3.59. The first-order valence-electron chi connectivity index (χ1n) is 13.1. The lowest BCUT2D eigenvalue weighted by Crippen LogP contribution is -2.59. The van der Waals surface area contributed by atoms with Crippen LogP contribution < -0.4 is 21.7 Å². The van der Waals surface area contributed by atoms with Gasteiger partial charge in [0, 0.05) is 41.8 Å². The van der Waals surface area contributed by atoms with Crippen LogP contribution in [0.2, 0.25) is 0 Å². The average Bonchev–Trinajstić information content (AvgIpc) is 3.60. The van der Waals surface area contributed by atoms with Crippen LogP contribution in [0.4, 0.5) is 0 Å². The summed E-state index contributed by atoms with van der Waals surface area (Å²) in [6.07, 6.45) is 4.44. The van der Waals surface area contributed by atoms with Crippen molar-refractivity contribution in [2.75, 3.05) is 0 Å². The Bertz CT molecular complexity index is 1370. The number of nitrogens with zero attached hydrogens (tertiary/aromatic N) is 1. The third-order valence-corrected chi connectivity index (χ3v) is 6.85. The zero-order chi connectivity index (χ0) is 30.1. The summed E-state index contributed by atoms with van der Waals surface area (Å²) in [7, 11) is 0. The van der Waals surface area contributed by atoms with Crippen LogP contribution in [0.25, 0.3) is 10.9 Å². The molecule has 0 saturated heterocycles. The van der Waals surface area contributed by atoms with E-state index in [0.29, 0.717) is 17.7 Å². The molecule has 0 aliphatic heterocycles. The number of H-pyrrole nitrogens is 2. The maximum atomic E-state index is 13.5. The molecule has 0 radical (unpaired) electrons. The molecule has 3 rings (SSSR count). The summed E-state index contributed by atoms with van der Waals surface area (Å²) in [6, 6.07) is 2.25. The Balaban J connectivity index is 1.84. The van der Waals surface area contributed by atoms with Crippen molar-refractivity contribution in [2.24, 2.45) is 11.7 Å². The summed E-state index contributed by atoms with van der Waals surface area (Å²) in [5.74, 6) is -5.44. The molecule has 2 heterocycles. The molecule has 220 valence electrons. The fraction of sp³-hybridized carbons (Fsp3) is 0.407. The Morgan fingerprint density at radius 3 is 2.29 bits per heavy atom. The monoisotopic (exact) mass is 569 g/mol. The van der Waals surface area contributed by atoms with E-state index in [2.05, 4.69) is 30.9 Å². The number of rotatable bonds is 15. The number of carbonyl (C=O) groups excluding carboxylic acids is 3. The number of aromatic nitrogens is 3. The molecule has 41 heavy (non-hydrogen) atoms. The molecule has 0 bridgehead atoms. The van der Waals surface area contributed by atoms with Gasteiger partial charge < -0.3 is 41.9 Å². The molecule has 3 amide bonds. The number of amides is 3. The highest BCUT2D eigenvalue weighted by atomic mass is 16.4. The Labute approximate surface area is 235 Å². The van der Waals surface area contributed by atoms with E-state index in [1.807, 2.05) is 31.2 Å². The number of aliphatic carboxylic acids is 2. The summed E-state index contributed by atoms with van der Waals surface area (Å²) in [5, 5.41) is 26.8. The van der Waals surface area contributed by atoms with Gasteiger partial charge in [0.2, 0.25) is 17.7 Å². The van der Waals surface area contributed by atoms with E-state index in [9.17, 15) is 29.1 Å². The highest BCUT2D eigenvalue weighted by Crippen LogP contribution is 2.20. The molecule has 0 aliphatic carbocycles. The normalized spacial score (nSPS) is 14.8. The molecule has 5 atom stereocenters. The lowest BCUT2D eigenvalue weighted by molar-refractivity contribution is -0.147. The van der Waals surface area contributed by atoms with E-state index in [0.717, 1.165) is 10.9 Å². The van der Waals surface area contributed by atoms with Gasteiger partial charge in [0.05, 0.1) is 18.8 Å². The topological polar surface area (TPSA) is 232 Å². The van der Waals surface area contributed by atoms with Crippen molar-refractivity contribution < 1.29 is 34.2 Å². The minimum Gasteiger partial charge on any atom is -0.481 e. The number of para-hydroxylation sites is 1. The second kappa shape index (κ2) is 14.1. The lowest BCUT2D eigenvalue weighted by atomic mass is 9.96. The minimum atomic E-state index is -1.71. The minimum absolute atomic E-state index is 0.0402. The molecule has 14 heteroatoms. The molecule has 9 N–H and O–H groups in total. The number of aromatic amines is 2. The van der Waals surface area contributed by atoms with Crippen molar-refractivity contribution >= 4 is 40.6 Å². The SMILES string of the molecule is CCC(C)C(NC(=O)C(N)Cc1cnc[nH]1)C(=O)NC(Cc1c[nH]c2ccccc12)C(=O)NC(CC(=O)O)C(=O)O. The highest BCUT2D eigenvalue weighted by Gasteiger charge is 2.33. The number of carboxylic acids is 2. The van der Waals surface area contributed by atoms with Gasteiger partial charge in [0.1, 0.15) is 18.1 Å². The number of nitrogens with two attached hydrogens (primary N) is 1. The van der Waals surface area contributed by atoms with E-state index in [-0.39, 0.29) is 18.8 Å². The standard InChI is InChI=1S/C27H35N7O7/c1-3-14(2)23(34-24(37)18(28)9-16-12-29-13-31-16)26(39)32-20(25(38)33-21(27(40)41)10-22(35)36)8-15-11-30-19-7-5-4-6-17(15)19/h4-7,11-14,18,20-21,23,30H,3,8-10,28H2,1-2H3,(H,29,31)(H,32,39)(H,33,38)(H,34,37)(H,35,36)(H,40,41). The van der Waals surface area contributed by atoms with Crippen LogP contribution in [0.15, 0.2) is 43.0 Å². The second-order valence-corrected chi connectivity index (χ2v) is 9.88. The fourth-order valence-corrected chi connectivity index (χ4v) is 4.33. The number of imidazole rings is 1. The highest BCUT2D eigenvalue weighted by molar-refractivity contribution is 5.95. The zero-order valence-corrected chi connectivity index (χ0v) is 22.7. The van der Waals surface area contributed by atoms with Crippen LogP contribution >= 0.6 is 0 Å². The van der Waals surface area contributed by atoms with Gasteiger partial charge in [-0.05, 0) is 17.5 Å². The van der Waals surface area contributed by atoms with Crippen molar-refractivity contribution in [3.05, 3.63) is 54.2 Å². The number of nitrogens with one attached hydrogen (secondary N) is 5. The van der Waals surface area contributed by atoms with Crippen LogP contribution in [0.3, 0.4) is 0 Å². The molecule has 0 saturated carbocycles. The van der Waals surface area contributed by atoms with Crippen LogP contribution in [0, 0.1) is 5.92 Å². The third kappa shape index (κ3) is 8.38. The molecule has 5 unspecified atom stereocenters. The number of hydrogen-bond acceptors (Lipinski definition) is 7. The fourth-order valence-electron chi connectivity index (χ4n) is 4.33. The van der Waals surface area contributed by atoms with Crippen molar-refractivity contribution in [3.63, 3.8) is 0 Å². The van der Waals surface area contributed by atoms with E-state index >= 15 is 0 Å². The van der Waals surface area contributed by atoms with E-state index in [1.54, 1.807) is 13.1 Å². The summed E-state index contributed by atoms with van der Waals surface area (Å²) >= 11 is 0. The van der Waals surface area contributed by atoms with E-state index in [4.69, 9.17) is 10.8 Å². The maximum Gasteiger partial charge on any atom is 0.326 e. The molecule has 0 fully saturated rings. The Hall–Kier alpha value is -4.72. The first-order valence-corrected chi connectivity index (χ1v) is 13.1. The predicted molar refractivity (Wildman–Crippen MR) is 147 cm³/mol. The number of benzene rings is 1. The van der Waals surface area contributed by atoms with Crippen molar-refractivity contribution in [1.82, 2.24) is 30.9 Å². The van der Waals surface area contributed by atoms with Gasteiger partial charge >= 0.3 is 11.9 Å². The molecule has 0 aliphatic rings. The van der Waals surface area contributed by atoms with Crippen molar-refractivity contribution in [3.8, 4) is 0 Å². The van der Waals surface area contributed by atoms with Gasteiger partial charge in [-0.3, -0.25) is 19.2 Å².